The van der Waals surface area contributed by atoms with Crippen LogP contribution in [0.25, 0.3) is 10.9 Å². The van der Waals surface area contributed by atoms with Gasteiger partial charge in [-0.1, -0.05) is 0 Å². The maximum atomic E-state index is 12.2. The Bertz CT molecular complexity index is 940. The van der Waals surface area contributed by atoms with Crippen molar-refractivity contribution in [2.24, 2.45) is 7.05 Å². The zero-order valence-corrected chi connectivity index (χ0v) is 14.8. The first kappa shape index (κ1) is 16.6. The number of halogens is 1. The van der Waals surface area contributed by atoms with Crippen molar-refractivity contribution in [1.29, 1.82) is 0 Å². The van der Waals surface area contributed by atoms with E-state index in [1.54, 1.807) is 36.1 Å². The van der Waals surface area contributed by atoms with Gasteiger partial charge in [0.2, 0.25) is 0 Å². The number of fused-ring (bicyclic) bond motifs is 1. The Balaban J connectivity index is 2.06. The topological polar surface area (TPSA) is 96.7 Å². The van der Waals surface area contributed by atoms with Crippen LogP contribution in [0, 0.1) is 0 Å². The van der Waals surface area contributed by atoms with Gasteiger partial charge in [-0.15, -0.1) is 0 Å². The smallest absolute Gasteiger partial charge is 0.252 e. The van der Waals surface area contributed by atoms with Crippen molar-refractivity contribution >= 4 is 38.2 Å². The Morgan fingerprint density at radius 1 is 1.29 bits per heavy atom. The number of aromatic nitrogens is 3. The van der Waals surface area contributed by atoms with Gasteiger partial charge in [0.1, 0.15) is 5.82 Å². The highest BCUT2D eigenvalue weighted by atomic mass is 79.9. The van der Waals surface area contributed by atoms with Crippen molar-refractivity contribution in [1.82, 2.24) is 14.5 Å². The van der Waals surface area contributed by atoms with Crippen LogP contribution in [0.2, 0.25) is 0 Å². The number of nitrogens with zero attached hydrogens (tertiary/aromatic N) is 3. The van der Waals surface area contributed by atoms with Gasteiger partial charge in [-0.3, -0.25) is 4.79 Å². The van der Waals surface area contributed by atoms with Crippen LogP contribution >= 0.6 is 15.9 Å². The van der Waals surface area contributed by atoms with Gasteiger partial charge >= 0.3 is 0 Å². The average Bonchev–Trinajstić information content (AvgIpc) is 2.59. The Kier molecular flexibility index (Phi) is 4.61. The van der Waals surface area contributed by atoms with E-state index >= 15 is 0 Å². The minimum atomic E-state index is -0.185. The number of hydrogen-bond donors (Lipinski definition) is 3. The number of quaternary nitrogens is 1. The first-order chi connectivity index (χ1) is 11.5. The summed E-state index contributed by atoms with van der Waals surface area (Å²) in [7, 11) is 1.72. The molecule has 0 spiro atoms. The van der Waals surface area contributed by atoms with E-state index in [9.17, 15) is 10.0 Å². The van der Waals surface area contributed by atoms with Crippen molar-refractivity contribution in [3.05, 3.63) is 57.3 Å². The molecule has 4 N–H and O–H groups in total. The van der Waals surface area contributed by atoms with E-state index in [1.807, 2.05) is 19.1 Å². The van der Waals surface area contributed by atoms with Crippen LogP contribution in [-0.2, 0) is 7.05 Å². The van der Waals surface area contributed by atoms with Crippen LogP contribution in [-0.4, -0.2) is 19.7 Å². The first-order valence-electron chi connectivity index (χ1n) is 7.35. The number of hydrogen-bond acceptors (Lipinski definition) is 5. The van der Waals surface area contributed by atoms with Gasteiger partial charge in [-0.05, 0) is 28.9 Å². The molecule has 0 aliphatic carbocycles. The van der Waals surface area contributed by atoms with Gasteiger partial charge in [0.15, 0.2) is 5.69 Å². The van der Waals surface area contributed by atoms with E-state index in [0.717, 1.165) is 20.9 Å². The molecule has 3 rings (SSSR count). The third kappa shape index (κ3) is 3.16. The Morgan fingerprint density at radius 3 is 2.67 bits per heavy atom. The third-order valence-electron chi connectivity index (χ3n) is 3.82. The molecule has 0 aliphatic rings. The lowest BCUT2D eigenvalue weighted by Crippen LogP contribution is -2.73. The number of nitrogens with one attached hydrogen (secondary N) is 1. The highest BCUT2D eigenvalue weighted by molar-refractivity contribution is 9.10. The molecular formula is C16H17BrN5O2+. The van der Waals surface area contributed by atoms with Gasteiger partial charge in [0, 0.05) is 48.7 Å². The van der Waals surface area contributed by atoms with Crippen LogP contribution in [0.15, 0.2) is 45.9 Å². The van der Waals surface area contributed by atoms with E-state index in [0.29, 0.717) is 17.2 Å². The van der Waals surface area contributed by atoms with E-state index in [-0.39, 0.29) is 11.6 Å². The second-order valence-electron chi connectivity index (χ2n) is 5.49. The maximum Gasteiger partial charge on any atom is 0.252 e. The molecular weight excluding hydrogens is 374 g/mol. The van der Waals surface area contributed by atoms with Crippen LogP contribution in [0.3, 0.4) is 0 Å². The molecule has 24 heavy (non-hydrogen) atoms. The fraction of sp³-hybridized carbons (Fsp3) is 0.188. The largest absolute Gasteiger partial charge is 0.375 e. The normalized spacial score (nSPS) is 12.3. The van der Waals surface area contributed by atoms with E-state index in [2.05, 4.69) is 31.2 Å². The van der Waals surface area contributed by atoms with E-state index in [4.69, 9.17) is 0 Å². The maximum absolute atomic E-state index is 12.2. The molecule has 0 fully saturated rings. The van der Waals surface area contributed by atoms with Gasteiger partial charge in [0.25, 0.3) is 5.56 Å². The summed E-state index contributed by atoms with van der Waals surface area (Å²) in [4.78, 5) is 20.8. The second-order valence-corrected chi connectivity index (χ2v) is 6.40. The number of rotatable bonds is 4. The van der Waals surface area contributed by atoms with Crippen molar-refractivity contribution in [2.45, 2.75) is 13.0 Å². The molecule has 2 aromatic heterocycles. The molecule has 0 bridgehead atoms. The lowest BCUT2D eigenvalue weighted by molar-refractivity contribution is -0.825. The van der Waals surface area contributed by atoms with Crippen molar-refractivity contribution in [3.8, 4) is 0 Å². The molecule has 2 heterocycles. The molecule has 3 aromatic rings. The minimum Gasteiger partial charge on any atom is -0.375 e. The predicted molar refractivity (Wildman–Crippen MR) is 94.3 cm³/mol. The highest BCUT2D eigenvalue weighted by Crippen LogP contribution is 2.26. The van der Waals surface area contributed by atoms with Gasteiger partial charge in [-0.25, -0.2) is 15.2 Å². The standard InChI is InChI=1S/C16H16BrN5O2/c1-9(16-18-7-10(17)8-19-16)20-13-6-15(23)22(2)14-4-3-11(21-24)5-12(13)14/h3-9,20-21,24H,1-2H3/p+1. The predicted octanol–water partition coefficient (Wildman–Crippen LogP) is 1.85. The monoisotopic (exact) mass is 390 g/mol. The van der Waals surface area contributed by atoms with Crippen LogP contribution < -0.4 is 16.4 Å². The summed E-state index contributed by atoms with van der Waals surface area (Å²) in [6, 6.07) is 6.75. The molecule has 1 atom stereocenters. The molecule has 1 unspecified atom stereocenters. The highest BCUT2D eigenvalue weighted by Gasteiger charge is 2.13. The Morgan fingerprint density at radius 2 is 2.00 bits per heavy atom. The second kappa shape index (κ2) is 6.68. The van der Waals surface area contributed by atoms with Crippen LogP contribution in [0.1, 0.15) is 18.8 Å². The molecule has 0 saturated carbocycles. The fourth-order valence-electron chi connectivity index (χ4n) is 2.52. The molecule has 0 radical (unpaired) electrons. The first-order valence-corrected chi connectivity index (χ1v) is 8.14. The van der Waals surface area contributed by atoms with Crippen LogP contribution in [0.4, 0.5) is 11.4 Å². The van der Waals surface area contributed by atoms with Gasteiger partial charge < -0.3 is 9.88 Å². The minimum absolute atomic E-state index is 0.116. The number of anilines is 1. The lowest BCUT2D eigenvalue weighted by Gasteiger charge is -2.17. The number of pyridine rings is 1. The Labute approximate surface area is 146 Å². The molecule has 1 aromatic carbocycles. The summed E-state index contributed by atoms with van der Waals surface area (Å²) in [5.41, 5.74) is 3.04. The van der Waals surface area contributed by atoms with Crippen LogP contribution in [0.5, 0.6) is 0 Å². The molecule has 7 nitrogen and oxygen atoms in total. The summed E-state index contributed by atoms with van der Waals surface area (Å²) in [5.74, 6) is 0.622. The summed E-state index contributed by atoms with van der Waals surface area (Å²) in [6.07, 6.45) is 3.36. The molecule has 8 heteroatoms. The lowest BCUT2D eigenvalue weighted by atomic mass is 10.1. The number of benzene rings is 1. The third-order valence-corrected chi connectivity index (χ3v) is 4.23. The van der Waals surface area contributed by atoms with Crippen molar-refractivity contribution in [3.63, 3.8) is 0 Å². The molecule has 0 amide bonds. The molecule has 124 valence electrons. The molecule has 0 saturated heterocycles. The van der Waals surface area contributed by atoms with E-state index < -0.39 is 0 Å². The number of nitrogens with two attached hydrogens (primary N) is 1. The quantitative estimate of drug-likeness (QED) is 0.466. The van der Waals surface area contributed by atoms with Crippen molar-refractivity contribution < 1.29 is 10.7 Å². The zero-order chi connectivity index (χ0) is 17.3. The fourth-order valence-corrected chi connectivity index (χ4v) is 2.73. The SMILES string of the molecule is CC(Nc1cc(=O)n(C)c2ccc([NH2+]O)cc12)c1ncc(Br)cn1. The summed E-state index contributed by atoms with van der Waals surface area (Å²) < 4.78 is 2.38. The average molecular weight is 391 g/mol. The van der Waals surface area contributed by atoms with Crippen molar-refractivity contribution in [2.75, 3.05) is 5.32 Å². The Hall–Kier alpha value is -2.29. The summed E-state index contributed by atoms with van der Waals surface area (Å²) in [5, 5.41) is 13.4. The summed E-state index contributed by atoms with van der Waals surface area (Å²) >= 11 is 3.31. The molecule has 0 aliphatic heterocycles. The summed E-state index contributed by atoms with van der Waals surface area (Å²) in [6.45, 7) is 1.93. The zero-order valence-electron chi connectivity index (χ0n) is 13.2. The number of aryl methyl sites for hydroxylation is 1. The van der Waals surface area contributed by atoms with Gasteiger partial charge in [0.05, 0.1) is 16.0 Å². The van der Waals surface area contributed by atoms with Gasteiger partial charge in [-0.2, -0.15) is 5.48 Å². The van der Waals surface area contributed by atoms with E-state index in [1.165, 1.54) is 0 Å².